The van der Waals surface area contributed by atoms with E-state index in [0.29, 0.717) is 191 Å². The molecule has 4 aliphatic heterocycles. The van der Waals surface area contributed by atoms with Crippen molar-refractivity contribution in [3.63, 3.8) is 0 Å². The second-order valence-electron chi connectivity index (χ2n) is 34.8. The Kier molecular flexibility index (Phi) is 37.3. The predicted molar refractivity (Wildman–Crippen MR) is 575 cm³/mol. The second kappa shape index (κ2) is 49.9. The molecule has 7 N–H and O–H groups in total. The molecule has 4 amide bonds. The van der Waals surface area contributed by atoms with Crippen molar-refractivity contribution in [1.29, 1.82) is 16.2 Å². The topological polar surface area (TPSA) is 352 Å². The summed E-state index contributed by atoms with van der Waals surface area (Å²) in [6.07, 6.45) is 11.4. The van der Waals surface area contributed by atoms with Gasteiger partial charge in [-0.15, -0.1) is 0 Å². The number of nitrogens with one attached hydrogen (secondary N) is 7. The fourth-order valence-electron chi connectivity index (χ4n) is 16.5. The fraction of sp³-hybridized carbons (Fsp3) is 0.252. The third-order valence-corrected chi connectivity index (χ3v) is 25.8. The number of aromatic nitrogens is 4. The van der Waals surface area contributed by atoms with E-state index in [1.54, 1.807) is 165 Å². The van der Waals surface area contributed by atoms with Crippen LogP contribution in [-0.4, -0.2) is 220 Å². The Morgan fingerprint density at radius 1 is 0.343 bits per heavy atom. The molecule has 36 heteroatoms. The van der Waals surface area contributed by atoms with E-state index >= 15 is 0 Å². The molecular weight excluding hydrogens is 1980 g/mol. The van der Waals surface area contributed by atoms with Gasteiger partial charge < -0.3 is 65.7 Å². The Labute approximate surface area is 869 Å². The number of carbonyl (C=O) groups excluding carboxylic acids is 8. The number of carbonyl (C=O) groups is 8. The lowest BCUT2D eigenvalue weighted by atomic mass is 9.95. The maximum Gasteiger partial charge on any atom is 0.257 e. The van der Waals surface area contributed by atoms with Crippen LogP contribution in [0.25, 0.3) is 0 Å². The van der Waals surface area contributed by atoms with E-state index in [9.17, 15) is 38.4 Å². The fourth-order valence-corrected chi connectivity index (χ4v) is 17.8. The second-order valence-corrected chi connectivity index (χ2v) is 38.2. The number of ether oxygens (including phenoxy) is 1. The molecule has 0 radical (unpaired) electrons. The largest absolute Gasteiger partial charge is 0.378 e. The SMILES string of the molecule is CC(=N)c1ccc(C(=O)Cc2c(C(=O)Nc3ccc(Cl)cn3)cc(Cl)cc2N(C)C)cc1.CN(C)c1cc(Cl)cc(C(=O)Nc2ccc(Cl)cn2)c1CC(=O)c1ccc(C(=N)N2CCCC2)cc1.CN1CCN=C1c1ccc(C(=O)Cc2c(C(=O)Nc3ccc(Cl)cn3)cc(Cl)cc2N(C)C)cc1.N=C(c1ccc(C(=O)Cc2c(C(=O)Nc3ccc(Cl)cn3)cc(Cl)cc2N2CCOCC2)cc1)N1CCCCC1. The van der Waals surface area contributed by atoms with Gasteiger partial charge in [-0.05, 0) is 164 Å². The molecule has 16 rings (SSSR count). The number of nitrogens with zero attached hydrogens (tertiary/aromatic N) is 12. The number of amidine groups is 3. The minimum Gasteiger partial charge on any atom is -0.378 e. The average Bonchev–Trinajstić information content (AvgIpc) is 1.08. The van der Waals surface area contributed by atoms with Crippen molar-refractivity contribution in [3.05, 3.63) is 348 Å². The number of morpholine rings is 1. The molecule has 4 aromatic heterocycles. The van der Waals surface area contributed by atoms with Gasteiger partial charge in [0.05, 0.1) is 39.8 Å². The van der Waals surface area contributed by atoms with E-state index < -0.39 is 23.6 Å². The Hall–Kier alpha value is -13.5. The molecule has 0 saturated carbocycles. The number of likely N-dealkylation sites (tertiary alicyclic amines) is 2. The number of Topliss-reactive ketones (excluding diaryl/α,β-unsaturated/α-hetero) is 4. The molecule has 12 aromatic rings. The monoisotopic (exact) mass is 2080 g/mol. The molecule has 4 aliphatic rings. The molecule has 0 aliphatic carbocycles. The summed E-state index contributed by atoms with van der Waals surface area (Å²) in [6, 6.07) is 54.8. The van der Waals surface area contributed by atoms with Crippen molar-refractivity contribution >= 4 is 209 Å². The molecule has 143 heavy (non-hydrogen) atoms. The summed E-state index contributed by atoms with van der Waals surface area (Å²) < 4.78 is 5.52. The summed E-state index contributed by atoms with van der Waals surface area (Å²) in [5.74, 6) is 1.03. The van der Waals surface area contributed by atoms with Gasteiger partial charge in [0, 0.05) is 255 Å². The number of halogens is 8. The Bertz CT molecular complexity index is 6750. The van der Waals surface area contributed by atoms with E-state index in [0.717, 1.165) is 98.7 Å². The lowest BCUT2D eigenvalue weighted by Crippen LogP contribution is -2.37. The molecule has 3 fully saturated rings. The highest BCUT2D eigenvalue weighted by Gasteiger charge is 2.30. The number of anilines is 8. The minimum absolute atomic E-state index is 0.00355. The van der Waals surface area contributed by atoms with Crippen molar-refractivity contribution in [2.24, 2.45) is 4.99 Å². The maximum absolute atomic E-state index is 13.6. The van der Waals surface area contributed by atoms with Gasteiger partial charge in [0.15, 0.2) is 23.1 Å². The quantitative estimate of drug-likeness (QED) is 0.0136. The van der Waals surface area contributed by atoms with Gasteiger partial charge in [-0.3, -0.25) is 54.2 Å². The summed E-state index contributed by atoms with van der Waals surface area (Å²) in [5.41, 5.74) is 12.1. The first-order valence-corrected chi connectivity index (χ1v) is 48.9. The molecule has 0 atom stereocenters. The summed E-state index contributed by atoms with van der Waals surface area (Å²) in [4.78, 5) is 141. The van der Waals surface area contributed by atoms with Gasteiger partial charge in [-0.1, -0.05) is 190 Å². The molecule has 0 unspecified atom stereocenters. The van der Waals surface area contributed by atoms with Crippen LogP contribution in [0.5, 0.6) is 0 Å². The van der Waals surface area contributed by atoms with Gasteiger partial charge in [0.1, 0.15) is 40.8 Å². The third-order valence-electron chi connectivity index (χ3n) is 24.0. The van der Waals surface area contributed by atoms with Crippen LogP contribution in [0, 0.1) is 16.2 Å². The lowest BCUT2D eigenvalue weighted by molar-refractivity contribution is 0.0980. The molecule has 3 saturated heterocycles. The summed E-state index contributed by atoms with van der Waals surface area (Å²) in [5, 5.41) is 39.1. The van der Waals surface area contributed by atoms with Crippen molar-refractivity contribution in [3.8, 4) is 0 Å². The highest BCUT2D eigenvalue weighted by Crippen LogP contribution is 2.37. The van der Waals surface area contributed by atoms with E-state index in [4.69, 9.17) is 114 Å². The van der Waals surface area contributed by atoms with Gasteiger partial charge in [-0.2, -0.15) is 0 Å². The molecule has 738 valence electrons. The summed E-state index contributed by atoms with van der Waals surface area (Å²) in [7, 11) is 13.0. The smallest absolute Gasteiger partial charge is 0.257 e. The number of hydrogen-bond donors (Lipinski definition) is 7. The maximum atomic E-state index is 13.6. The van der Waals surface area contributed by atoms with Gasteiger partial charge in [0.2, 0.25) is 0 Å². The Morgan fingerprint density at radius 2 is 0.629 bits per heavy atom. The number of benzene rings is 8. The molecular formula is C107H105Cl8N19O9. The Morgan fingerprint density at radius 3 is 0.923 bits per heavy atom. The van der Waals surface area contributed by atoms with Crippen LogP contribution in [0.4, 0.5) is 46.0 Å². The first kappa shape index (κ1) is 107. The minimum atomic E-state index is -0.428. The molecule has 8 aromatic carbocycles. The lowest BCUT2D eigenvalue weighted by Gasteiger charge is -2.31. The standard InChI is InChI=1S/C30H31Cl2N5O3.C27H27Cl2N5O2.C26H25Cl2N5O2.C24H22Cl2N4O2/c31-22-8-9-28(34-19-22)35-30(39)25-16-23(32)17-26(36-12-14-40-15-13-36)24(25)18-27(38)20-4-6-21(7-5-20)29(33)37-10-2-1-3-11-37;1-33(2)23-14-20(29)13-22(27(36)32-25-10-9-19(28)16-31-25)21(23)15-24(35)17-5-7-18(8-6-17)26(30)34-11-3-4-12-34;1-32(2)22-13-19(28)12-21(26(35)31-24-9-8-18(27)15-30-24)20(22)14-23(34)16-4-6-17(7-5-16)25-29-10-11-33(25)3;1-14(27)15-4-6-16(7-5-15)22(31)12-19-20(10-18(26)11-21(19)30(2)3)24(32)29-23-9-8-17(25)13-28-23/h4-9,16-17,19,33H,1-3,10-15,18H2,(H,34,35,39);5-10,13-14,16,30H,3-4,11-12,15H2,1-2H3,(H,31,32,36);4-9,12-13,15H,10-11,14H2,1-3H3,(H,30,31,35);4-11,13,27H,12H2,1-3H3,(H,28,29,32). The Balaban J connectivity index is 0.000000161. The van der Waals surface area contributed by atoms with Gasteiger partial charge in [-0.25, -0.2) is 19.9 Å². The highest BCUT2D eigenvalue weighted by atomic mass is 35.5. The predicted octanol–water partition coefficient (Wildman–Crippen LogP) is 21.6. The zero-order chi connectivity index (χ0) is 102. The number of hydrogen-bond acceptors (Lipinski definition) is 22. The van der Waals surface area contributed by atoms with Crippen molar-refractivity contribution in [2.45, 2.75) is 64.7 Å². The summed E-state index contributed by atoms with van der Waals surface area (Å²) >= 11 is 49.0. The highest BCUT2D eigenvalue weighted by molar-refractivity contribution is 6.34. The normalized spacial score (nSPS) is 13.1. The summed E-state index contributed by atoms with van der Waals surface area (Å²) in [6.45, 7) is 9.22. The molecule has 8 heterocycles. The zero-order valence-electron chi connectivity index (χ0n) is 79.8. The van der Waals surface area contributed by atoms with E-state index in [1.807, 2.05) is 105 Å². The average molecular weight is 2080 g/mol. The van der Waals surface area contributed by atoms with E-state index in [1.165, 1.54) is 31.2 Å². The molecule has 0 spiro atoms. The van der Waals surface area contributed by atoms with Crippen molar-refractivity contribution in [1.82, 2.24) is 34.6 Å². The third kappa shape index (κ3) is 28.7. The first-order chi connectivity index (χ1) is 68.5. The van der Waals surface area contributed by atoms with Crippen LogP contribution in [0.3, 0.4) is 0 Å². The van der Waals surface area contributed by atoms with Crippen molar-refractivity contribution in [2.75, 3.05) is 156 Å². The van der Waals surface area contributed by atoms with E-state index in [2.05, 4.69) is 60.9 Å². The van der Waals surface area contributed by atoms with Crippen LogP contribution in [0.15, 0.2) is 224 Å². The van der Waals surface area contributed by atoms with Crippen LogP contribution in [0.2, 0.25) is 40.2 Å². The van der Waals surface area contributed by atoms with Gasteiger partial charge in [0.25, 0.3) is 23.6 Å². The van der Waals surface area contributed by atoms with Crippen molar-refractivity contribution < 1.29 is 43.1 Å². The number of rotatable bonds is 28. The number of likely N-dealkylation sites (N-methyl/N-ethyl adjacent to an activating group) is 1. The van der Waals surface area contributed by atoms with E-state index in [-0.39, 0.29) is 48.8 Å². The first-order valence-electron chi connectivity index (χ1n) is 45.9. The zero-order valence-corrected chi connectivity index (χ0v) is 85.8. The number of ketones is 4. The number of amides is 4. The van der Waals surface area contributed by atoms with Crippen LogP contribution >= 0.6 is 92.8 Å². The molecule has 28 nitrogen and oxygen atoms in total. The number of piperidine rings is 1. The number of pyridine rings is 4. The molecule has 0 bridgehead atoms. The van der Waals surface area contributed by atoms with Gasteiger partial charge >= 0.3 is 0 Å². The van der Waals surface area contributed by atoms with Crippen LogP contribution < -0.4 is 40.9 Å². The number of aliphatic imine (C=N–C) groups is 1. The van der Waals surface area contributed by atoms with Crippen LogP contribution in [0.1, 0.15) is 166 Å². The van der Waals surface area contributed by atoms with Crippen LogP contribution in [-0.2, 0) is 30.4 Å².